The molecule has 0 atom stereocenters. The van der Waals surface area contributed by atoms with Crippen LogP contribution in [-0.4, -0.2) is 4.98 Å². The molecule has 0 aliphatic rings. The highest BCUT2D eigenvalue weighted by Gasteiger charge is 2.02. The van der Waals surface area contributed by atoms with Crippen LogP contribution in [0, 0.1) is 0 Å². The summed E-state index contributed by atoms with van der Waals surface area (Å²) in [5.74, 6) is 0. The first-order chi connectivity index (χ1) is 7.42. The predicted octanol–water partition coefficient (Wildman–Crippen LogP) is 4.42. The number of para-hydroxylation sites is 1. The fourth-order valence-corrected chi connectivity index (χ4v) is 2.61. The van der Waals surface area contributed by atoms with Gasteiger partial charge in [-0.05, 0) is 24.5 Å². The molecule has 2 rings (SSSR count). The average molecular weight is 219 g/mol. The molecular weight excluding hydrogens is 202 g/mol. The number of aryl methyl sites for hydroxylation is 1. The molecule has 0 saturated heterocycles. The van der Waals surface area contributed by atoms with Crippen molar-refractivity contribution in [3.8, 4) is 0 Å². The molecule has 0 spiro atoms. The van der Waals surface area contributed by atoms with Gasteiger partial charge in [0.1, 0.15) is 0 Å². The molecule has 0 N–H and O–H groups in total. The van der Waals surface area contributed by atoms with E-state index in [9.17, 15) is 0 Å². The van der Waals surface area contributed by atoms with E-state index in [1.807, 2.05) is 5.51 Å². The van der Waals surface area contributed by atoms with Gasteiger partial charge in [-0.3, -0.25) is 0 Å². The van der Waals surface area contributed by atoms with E-state index >= 15 is 0 Å². The zero-order chi connectivity index (χ0) is 10.5. The van der Waals surface area contributed by atoms with Gasteiger partial charge in [-0.1, -0.05) is 38.3 Å². The molecule has 0 aliphatic heterocycles. The molecule has 15 heavy (non-hydrogen) atoms. The first-order valence-corrected chi connectivity index (χ1v) is 6.61. The Kier molecular flexibility index (Phi) is 3.73. The quantitative estimate of drug-likeness (QED) is 0.678. The van der Waals surface area contributed by atoms with Crippen molar-refractivity contribution in [1.82, 2.24) is 4.98 Å². The summed E-state index contributed by atoms with van der Waals surface area (Å²) in [6.45, 7) is 2.25. The normalized spacial score (nSPS) is 11.0. The summed E-state index contributed by atoms with van der Waals surface area (Å²) in [6.07, 6.45) is 6.48. The maximum Gasteiger partial charge on any atom is 0.0843 e. The van der Waals surface area contributed by atoms with Crippen molar-refractivity contribution in [2.75, 3.05) is 0 Å². The molecule has 0 aliphatic carbocycles. The standard InChI is InChI=1S/C13H17NS/c1-2-3-4-5-7-11-8-6-9-12-13(11)14-10-15-12/h6,8-10H,2-5,7H2,1H3. The Morgan fingerprint density at radius 3 is 3.00 bits per heavy atom. The molecule has 1 nitrogen and oxygen atoms in total. The zero-order valence-corrected chi connectivity index (χ0v) is 10.0. The van der Waals surface area contributed by atoms with Gasteiger partial charge in [0.2, 0.25) is 0 Å². The molecule has 0 fully saturated rings. The maximum absolute atomic E-state index is 4.44. The van der Waals surface area contributed by atoms with Gasteiger partial charge in [-0.15, -0.1) is 11.3 Å². The summed E-state index contributed by atoms with van der Waals surface area (Å²) in [7, 11) is 0. The minimum atomic E-state index is 1.18. The molecule has 0 saturated carbocycles. The number of aromatic nitrogens is 1. The number of fused-ring (bicyclic) bond motifs is 1. The van der Waals surface area contributed by atoms with E-state index in [4.69, 9.17) is 0 Å². The van der Waals surface area contributed by atoms with Crippen molar-refractivity contribution in [2.45, 2.75) is 39.0 Å². The lowest BCUT2D eigenvalue weighted by Crippen LogP contribution is -1.87. The van der Waals surface area contributed by atoms with Crippen molar-refractivity contribution >= 4 is 21.6 Å². The molecule has 0 radical (unpaired) electrons. The Morgan fingerprint density at radius 2 is 2.13 bits per heavy atom. The third kappa shape index (κ3) is 2.57. The monoisotopic (exact) mass is 219 g/mol. The lowest BCUT2D eigenvalue weighted by Gasteiger charge is -2.01. The Hall–Kier alpha value is -0.890. The van der Waals surface area contributed by atoms with Crippen LogP contribution in [0.2, 0.25) is 0 Å². The van der Waals surface area contributed by atoms with Crippen LogP contribution in [0.4, 0.5) is 0 Å². The molecule has 0 bridgehead atoms. The Bertz CT molecular complexity index is 419. The number of unbranched alkanes of at least 4 members (excludes halogenated alkanes) is 3. The molecular formula is C13H17NS. The van der Waals surface area contributed by atoms with E-state index in [-0.39, 0.29) is 0 Å². The Labute approximate surface area is 95.2 Å². The Balaban J connectivity index is 2.04. The van der Waals surface area contributed by atoms with Crippen LogP contribution in [0.15, 0.2) is 23.7 Å². The predicted molar refractivity (Wildman–Crippen MR) is 67.5 cm³/mol. The first-order valence-electron chi connectivity index (χ1n) is 5.73. The molecule has 0 unspecified atom stereocenters. The number of nitrogens with zero attached hydrogens (tertiary/aromatic N) is 1. The second-order valence-electron chi connectivity index (χ2n) is 3.93. The van der Waals surface area contributed by atoms with E-state index in [1.165, 1.54) is 47.9 Å². The summed E-state index contributed by atoms with van der Waals surface area (Å²) in [4.78, 5) is 4.44. The molecule has 80 valence electrons. The van der Waals surface area contributed by atoms with Crippen LogP contribution >= 0.6 is 11.3 Å². The minimum Gasteiger partial charge on any atom is -0.244 e. The van der Waals surface area contributed by atoms with Gasteiger partial charge >= 0.3 is 0 Å². The van der Waals surface area contributed by atoms with E-state index in [0.717, 1.165) is 0 Å². The third-order valence-electron chi connectivity index (χ3n) is 2.74. The van der Waals surface area contributed by atoms with Gasteiger partial charge in [0.05, 0.1) is 15.7 Å². The van der Waals surface area contributed by atoms with E-state index in [0.29, 0.717) is 0 Å². The zero-order valence-electron chi connectivity index (χ0n) is 9.20. The van der Waals surface area contributed by atoms with Crippen molar-refractivity contribution in [2.24, 2.45) is 0 Å². The summed E-state index contributed by atoms with van der Waals surface area (Å²) >= 11 is 1.73. The van der Waals surface area contributed by atoms with Crippen molar-refractivity contribution in [3.63, 3.8) is 0 Å². The van der Waals surface area contributed by atoms with Crippen molar-refractivity contribution in [1.29, 1.82) is 0 Å². The number of hydrogen-bond donors (Lipinski definition) is 0. The third-order valence-corrected chi connectivity index (χ3v) is 3.54. The molecule has 2 aromatic rings. The SMILES string of the molecule is CCCCCCc1cccc2scnc12. The van der Waals surface area contributed by atoms with Crippen LogP contribution in [-0.2, 0) is 6.42 Å². The first kappa shape index (κ1) is 10.6. The van der Waals surface area contributed by atoms with Gasteiger partial charge in [0, 0.05) is 0 Å². The largest absolute Gasteiger partial charge is 0.244 e. The highest BCUT2D eigenvalue weighted by molar-refractivity contribution is 7.16. The summed E-state index contributed by atoms with van der Waals surface area (Å²) in [5.41, 5.74) is 4.59. The smallest absolute Gasteiger partial charge is 0.0843 e. The lowest BCUT2D eigenvalue weighted by molar-refractivity contribution is 0.668. The van der Waals surface area contributed by atoms with Gasteiger partial charge in [0.15, 0.2) is 0 Å². The maximum atomic E-state index is 4.44. The second-order valence-corrected chi connectivity index (χ2v) is 4.81. The number of benzene rings is 1. The van der Waals surface area contributed by atoms with Gasteiger partial charge < -0.3 is 0 Å². The number of hydrogen-bond acceptors (Lipinski definition) is 2. The molecule has 1 aromatic carbocycles. The van der Waals surface area contributed by atoms with Crippen LogP contribution in [0.3, 0.4) is 0 Å². The summed E-state index contributed by atoms with van der Waals surface area (Å²) in [6, 6.07) is 6.52. The van der Waals surface area contributed by atoms with Gasteiger partial charge in [-0.25, -0.2) is 4.98 Å². The summed E-state index contributed by atoms with van der Waals surface area (Å²) < 4.78 is 1.32. The highest BCUT2D eigenvalue weighted by Crippen LogP contribution is 2.22. The van der Waals surface area contributed by atoms with Crippen LogP contribution in [0.25, 0.3) is 10.2 Å². The number of thiazole rings is 1. The van der Waals surface area contributed by atoms with Crippen molar-refractivity contribution < 1.29 is 0 Å². The molecule has 2 heteroatoms. The molecule has 1 aromatic heterocycles. The van der Waals surface area contributed by atoms with Gasteiger partial charge in [0.25, 0.3) is 0 Å². The van der Waals surface area contributed by atoms with Crippen LogP contribution < -0.4 is 0 Å². The van der Waals surface area contributed by atoms with Crippen LogP contribution in [0.1, 0.15) is 38.2 Å². The number of rotatable bonds is 5. The molecule has 0 amide bonds. The average Bonchev–Trinajstić information content (AvgIpc) is 2.73. The summed E-state index contributed by atoms with van der Waals surface area (Å²) in [5, 5.41) is 0. The highest BCUT2D eigenvalue weighted by atomic mass is 32.1. The van der Waals surface area contributed by atoms with Crippen LogP contribution in [0.5, 0.6) is 0 Å². The fourth-order valence-electron chi connectivity index (χ4n) is 1.89. The Morgan fingerprint density at radius 1 is 1.20 bits per heavy atom. The minimum absolute atomic E-state index is 1.18. The second kappa shape index (κ2) is 5.26. The molecule has 1 heterocycles. The van der Waals surface area contributed by atoms with E-state index in [2.05, 4.69) is 30.1 Å². The van der Waals surface area contributed by atoms with E-state index in [1.54, 1.807) is 11.3 Å². The van der Waals surface area contributed by atoms with E-state index < -0.39 is 0 Å². The topological polar surface area (TPSA) is 12.9 Å². The van der Waals surface area contributed by atoms with Crippen molar-refractivity contribution in [3.05, 3.63) is 29.3 Å². The lowest BCUT2D eigenvalue weighted by atomic mass is 10.1. The fraction of sp³-hybridized carbons (Fsp3) is 0.462. The van der Waals surface area contributed by atoms with Gasteiger partial charge in [-0.2, -0.15) is 0 Å².